The number of rotatable bonds is 7. The van der Waals surface area contributed by atoms with Gasteiger partial charge in [-0.15, -0.1) is 11.3 Å². The van der Waals surface area contributed by atoms with E-state index in [9.17, 15) is 9.59 Å². The van der Waals surface area contributed by atoms with Gasteiger partial charge in [-0.3, -0.25) is 4.90 Å². The molecule has 2 saturated heterocycles. The molecule has 0 unspecified atom stereocenters. The van der Waals surface area contributed by atoms with Crippen molar-refractivity contribution in [3.8, 4) is 0 Å². The first-order chi connectivity index (χ1) is 14.6. The van der Waals surface area contributed by atoms with E-state index < -0.39 is 0 Å². The lowest BCUT2D eigenvalue weighted by Gasteiger charge is -2.31. The van der Waals surface area contributed by atoms with Crippen LogP contribution in [-0.4, -0.2) is 62.4 Å². The summed E-state index contributed by atoms with van der Waals surface area (Å²) in [7, 11) is 0. The fourth-order valence-electron chi connectivity index (χ4n) is 4.32. The normalized spacial score (nSPS) is 20.4. The number of fused-ring (bicyclic) bond motifs is 1. The molecular weight excluding hydrogens is 402 g/mol. The molecule has 2 aromatic rings. The van der Waals surface area contributed by atoms with Gasteiger partial charge in [-0.2, -0.15) is 0 Å². The first-order valence-corrected chi connectivity index (χ1v) is 11.5. The van der Waals surface area contributed by atoms with Crippen molar-refractivity contribution in [2.45, 2.75) is 32.2 Å². The second kappa shape index (κ2) is 9.76. The number of likely N-dealkylation sites (tertiary alicyclic amines) is 1. The number of amides is 2. The maximum Gasteiger partial charge on any atom is 0.348 e. The molecule has 1 aromatic heterocycles. The summed E-state index contributed by atoms with van der Waals surface area (Å²) in [6, 6.07) is 7.59. The molecule has 0 saturated carbocycles. The zero-order chi connectivity index (χ0) is 20.9. The fraction of sp³-hybridized carbons (Fsp3) is 0.545. The standard InChI is InChI=1S/C22H29N3O4S/c1-2-29-21(26)20-12-16-11-17(5-6-19(16)30-20)24-22(27)23-13-18(15-7-10-28-14-15)25-8-3-4-9-25/h5-6,11-12,15,18H,2-4,7-10,13-14H2,1H3,(H2,23,24,27)/t15-,18-/m0/s1. The number of ether oxygens (including phenoxy) is 2. The smallest absolute Gasteiger partial charge is 0.348 e. The Kier molecular flexibility index (Phi) is 6.86. The number of benzene rings is 1. The predicted octanol–water partition coefficient (Wildman–Crippen LogP) is 3.70. The van der Waals surface area contributed by atoms with Crippen LogP contribution >= 0.6 is 11.3 Å². The summed E-state index contributed by atoms with van der Waals surface area (Å²) in [6.45, 7) is 6.56. The largest absolute Gasteiger partial charge is 0.462 e. The van der Waals surface area contributed by atoms with Crippen LogP contribution in [0.5, 0.6) is 0 Å². The number of anilines is 1. The minimum Gasteiger partial charge on any atom is -0.462 e. The van der Waals surface area contributed by atoms with Gasteiger partial charge in [0.25, 0.3) is 0 Å². The van der Waals surface area contributed by atoms with Crippen molar-refractivity contribution in [3.63, 3.8) is 0 Å². The molecular formula is C22H29N3O4S. The molecule has 2 fully saturated rings. The summed E-state index contributed by atoms with van der Waals surface area (Å²) in [4.78, 5) is 27.5. The van der Waals surface area contributed by atoms with Crippen molar-refractivity contribution < 1.29 is 19.1 Å². The Hall–Kier alpha value is -2.16. The van der Waals surface area contributed by atoms with E-state index in [-0.39, 0.29) is 12.0 Å². The number of nitrogens with one attached hydrogen (secondary N) is 2. The van der Waals surface area contributed by atoms with Gasteiger partial charge < -0.3 is 20.1 Å². The molecule has 162 valence electrons. The second-order valence-electron chi connectivity index (χ2n) is 7.85. The average Bonchev–Trinajstić information content (AvgIpc) is 3.50. The van der Waals surface area contributed by atoms with E-state index in [1.54, 1.807) is 6.92 Å². The summed E-state index contributed by atoms with van der Waals surface area (Å²) >= 11 is 1.40. The Morgan fingerprint density at radius 1 is 1.30 bits per heavy atom. The van der Waals surface area contributed by atoms with E-state index in [0.29, 0.717) is 35.7 Å². The van der Waals surface area contributed by atoms with Crippen LogP contribution in [0.1, 0.15) is 35.9 Å². The summed E-state index contributed by atoms with van der Waals surface area (Å²) in [6.07, 6.45) is 3.51. The number of hydrogen-bond donors (Lipinski definition) is 2. The Balaban J connectivity index is 1.36. The number of esters is 1. The highest BCUT2D eigenvalue weighted by atomic mass is 32.1. The Bertz CT molecular complexity index is 872. The van der Waals surface area contributed by atoms with E-state index in [1.807, 2.05) is 24.3 Å². The molecule has 2 amide bonds. The zero-order valence-electron chi connectivity index (χ0n) is 17.3. The molecule has 0 spiro atoms. The predicted molar refractivity (Wildman–Crippen MR) is 118 cm³/mol. The van der Waals surface area contributed by atoms with Crippen LogP contribution in [-0.2, 0) is 9.47 Å². The van der Waals surface area contributed by atoms with Crippen molar-refractivity contribution >= 4 is 39.1 Å². The van der Waals surface area contributed by atoms with Crippen molar-refractivity contribution in [2.75, 3.05) is 44.8 Å². The lowest BCUT2D eigenvalue weighted by molar-refractivity contribution is 0.0532. The number of hydrogen-bond acceptors (Lipinski definition) is 6. The van der Waals surface area contributed by atoms with Crippen molar-refractivity contribution in [1.29, 1.82) is 0 Å². The van der Waals surface area contributed by atoms with Crippen LogP contribution in [0, 0.1) is 5.92 Å². The third-order valence-corrected chi connectivity index (χ3v) is 6.94. The number of carbonyl (C=O) groups is 2. The van der Waals surface area contributed by atoms with Gasteiger partial charge in [-0.25, -0.2) is 9.59 Å². The van der Waals surface area contributed by atoms with Gasteiger partial charge in [-0.1, -0.05) is 0 Å². The van der Waals surface area contributed by atoms with Crippen LogP contribution in [0.4, 0.5) is 10.5 Å². The van der Waals surface area contributed by atoms with Gasteiger partial charge in [0.05, 0.1) is 13.2 Å². The van der Waals surface area contributed by atoms with E-state index in [1.165, 1.54) is 24.2 Å². The summed E-state index contributed by atoms with van der Waals surface area (Å²) in [5.41, 5.74) is 0.704. The SMILES string of the molecule is CCOC(=O)c1cc2cc(NC(=O)NC[C@@H]([C@H]3CCOC3)N3CCCC3)ccc2s1. The van der Waals surface area contributed by atoms with Crippen molar-refractivity contribution in [2.24, 2.45) is 5.92 Å². The molecule has 0 bridgehead atoms. The minimum absolute atomic E-state index is 0.210. The summed E-state index contributed by atoms with van der Waals surface area (Å²) < 4.78 is 11.6. The maximum atomic E-state index is 12.5. The molecule has 2 aliphatic heterocycles. The van der Waals surface area contributed by atoms with E-state index in [2.05, 4.69) is 15.5 Å². The topological polar surface area (TPSA) is 79.9 Å². The molecule has 8 heteroatoms. The first kappa shape index (κ1) is 21.1. The molecule has 2 atom stereocenters. The minimum atomic E-state index is -0.310. The molecule has 4 rings (SSSR count). The molecule has 7 nitrogen and oxygen atoms in total. The Labute approximate surface area is 180 Å². The van der Waals surface area contributed by atoms with E-state index in [4.69, 9.17) is 9.47 Å². The third-order valence-electron chi connectivity index (χ3n) is 5.84. The van der Waals surface area contributed by atoms with Gasteiger partial charge in [0.15, 0.2) is 0 Å². The van der Waals surface area contributed by atoms with Gasteiger partial charge in [0, 0.05) is 35.5 Å². The maximum absolute atomic E-state index is 12.5. The number of urea groups is 1. The number of nitrogens with zero attached hydrogens (tertiary/aromatic N) is 1. The van der Waals surface area contributed by atoms with E-state index in [0.717, 1.165) is 42.8 Å². The molecule has 3 heterocycles. The first-order valence-electron chi connectivity index (χ1n) is 10.7. The molecule has 30 heavy (non-hydrogen) atoms. The van der Waals surface area contributed by atoms with Gasteiger partial charge >= 0.3 is 12.0 Å². The van der Waals surface area contributed by atoms with Gasteiger partial charge in [0.1, 0.15) is 4.88 Å². The van der Waals surface area contributed by atoms with Gasteiger partial charge in [0.2, 0.25) is 0 Å². The number of thiophene rings is 1. The van der Waals surface area contributed by atoms with Gasteiger partial charge in [-0.05, 0) is 68.9 Å². The highest BCUT2D eigenvalue weighted by molar-refractivity contribution is 7.20. The lowest BCUT2D eigenvalue weighted by atomic mass is 9.97. The highest BCUT2D eigenvalue weighted by Gasteiger charge is 2.32. The lowest BCUT2D eigenvalue weighted by Crippen LogP contribution is -2.48. The summed E-state index contributed by atoms with van der Waals surface area (Å²) in [5, 5.41) is 6.89. The average molecular weight is 432 g/mol. The highest BCUT2D eigenvalue weighted by Crippen LogP contribution is 2.29. The van der Waals surface area contributed by atoms with Crippen molar-refractivity contribution in [3.05, 3.63) is 29.1 Å². The third kappa shape index (κ3) is 4.94. The van der Waals surface area contributed by atoms with Crippen LogP contribution in [0.15, 0.2) is 24.3 Å². The zero-order valence-corrected chi connectivity index (χ0v) is 18.1. The monoisotopic (exact) mass is 431 g/mol. The molecule has 2 aliphatic rings. The van der Waals surface area contributed by atoms with Crippen LogP contribution in [0.3, 0.4) is 0 Å². The summed E-state index contributed by atoms with van der Waals surface area (Å²) in [5.74, 6) is 0.168. The molecule has 2 N–H and O–H groups in total. The second-order valence-corrected chi connectivity index (χ2v) is 8.94. The Morgan fingerprint density at radius 2 is 2.13 bits per heavy atom. The van der Waals surface area contributed by atoms with Crippen molar-refractivity contribution in [1.82, 2.24) is 10.2 Å². The quantitative estimate of drug-likeness (QED) is 0.654. The Morgan fingerprint density at radius 3 is 2.87 bits per heavy atom. The number of carbonyl (C=O) groups excluding carboxylic acids is 2. The van der Waals surface area contributed by atoms with Crippen LogP contribution < -0.4 is 10.6 Å². The van der Waals surface area contributed by atoms with Crippen LogP contribution in [0.25, 0.3) is 10.1 Å². The molecule has 0 aliphatic carbocycles. The molecule has 0 radical (unpaired) electrons. The molecule has 1 aromatic carbocycles. The fourth-order valence-corrected chi connectivity index (χ4v) is 5.26. The van der Waals surface area contributed by atoms with E-state index >= 15 is 0 Å². The van der Waals surface area contributed by atoms with Crippen LogP contribution in [0.2, 0.25) is 0 Å².